The fourth-order valence-corrected chi connectivity index (χ4v) is 5.99. The zero-order valence-corrected chi connectivity index (χ0v) is 29.6. The number of benzene rings is 2. The van der Waals surface area contributed by atoms with Gasteiger partial charge in [-0.15, -0.1) is 0 Å². The Hall–Kier alpha value is -3.72. The van der Waals surface area contributed by atoms with E-state index in [4.69, 9.17) is 14.2 Å². The third kappa shape index (κ3) is 9.41. The first-order valence-corrected chi connectivity index (χ1v) is 17.3. The van der Waals surface area contributed by atoms with Crippen molar-refractivity contribution in [2.75, 3.05) is 31.8 Å². The molecule has 1 aliphatic heterocycles. The average Bonchev–Trinajstić information content (AvgIpc) is 2.97. The van der Waals surface area contributed by atoms with Gasteiger partial charge in [-0.1, -0.05) is 32.9 Å². The number of ether oxygens (including phenoxy) is 3. The largest absolute Gasteiger partial charge is 0.494 e. The number of carbonyl (C=O) groups excluding carboxylic acids is 2. The second kappa shape index (κ2) is 14.8. The highest BCUT2D eigenvalue weighted by atomic mass is 32.2. The molecular weight excluding hydrogens is 598 g/mol. The maximum absolute atomic E-state index is 13.6. The summed E-state index contributed by atoms with van der Waals surface area (Å²) in [6.45, 7) is 15.4. The SMILES string of the molecule is COc1c(CSC)cc(C(C)(C)C)cc1NC(=O)c1ccc(C)c(Oc2ccnc(CC3CCN(C(=O)OC(C)(C)C)CC3)c2)c1. The maximum Gasteiger partial charge on any atom is 0.410 e. The number of aromatic nitrogens is 1. The molecule has 4 rings (SSSR count). The molecule has 0 saturated carbocycles. The van der Waals surface area contributed by atoms with E-state index >= 15 is 0 Å². The van der Waals surface area contributed by atoms with Gasteiger partial charge in [-0.05, 0) is 99.9 Å². The van der Waals surface area contributed by atoms with E-state index in [1.54, 1.807) is 36.0 Å². The molecule has 0 aliphatic carbocycles. The average molecular weight is 648 g/mol. The van der Waals surface area contributed by atoms with Gasteiger partial charge in [0.15, 0.2) is 0 Å². The van der Waals surface area contributed by atoms with Gasteiger partial charge in [-0.25, -0.2) is 4.79 Å². The first-order chi connectivity index (χ1) is 21.7. The lowest BCUT2D eigenvalue weighted by Crippen LogP contribution is -2.42. The summed E-state index contributed by atoms with van der Waals surface area (Å²) >= 11 is 1.71. The van der Waals surface area contributed by atoms with Gasteiger partial charge >= 0.3 is 6.09 Å². The number of nitrogens with one attached hydrogen (secondary N) is 1. The van der Waals surface area contributed by atoms with Crippen LogP contribution in [0.15, 0.2) is 48.7 Å². The molecule has 248 valence electrons. The van der Waals surface area contributed by atoms with E-state index in [1.807, 2.05) is 58.0 Å². The van der Waals surface area contributed by atoms with E-state index in [-0.39, 0.29) is 17.4 Å². The van der Waals surface area contributed by atoms with Gasteiger partial charge in [0.25, 0.3) is 5.91 Å². The predicted octanol–water partition coefficient (Wildman–Crippen LogP) is 8.79. The van der Waals surface area contributed by atoms with Gasteiger partial charge in [-0.2, -0.15) is 11.8 Å². The molecule has 1 saturated heterocycles. The molecule has 2 amide bonds. The normalized spacial score (nSPS) is 14.2. The first kappa shape index (κ1) is 35.1. The van der Waals surface area contributed by atoms with E-state index in [1.165, 1.54) is 0 Å². The summed E-state index contributed by atoms with van der Waals surface area (Å²) in [5.41, 5.74) is 4.58. The minimum absolute atomic E-state index is 0.0927. The molecule has 46 heavy (non-hydrogen) atoms. The molecule has 2 aromatic carbocycles. The summed E-state index contributed by atoms with van der Waals surface area (Å²) in [6, 6.07) is 13.4. The third-order valence-electron chi connectivity index (χ3n) is 8.01. The van der Waals surface area contributed by atoms with Crippen molar-refractivity contribution in [3.05, 3.63) is 76.6 Å². The molecule has 8 nitrogen and oxygen atoms in total. The molecule has 0 atom stereocenters. The van der Waals surface area contributed by atoms with Crippen LogP contribution in [0.5, 0.6) is 17.2 Å². The number of methoxy groups -OCH3 is 1. The maximum atomic E-state index is 13.6. The molecule has 0 bridgehead atoms. The highest BCUT2D eigenvalue weighted by Crippen LogP contribution is 2.37. The summed E-state index contributed by atoms with van der Waals surface area (Å²) < 4.78 is 17.6. The first-order valence-electron chi connectivity index (χ1n) is 15.9. The third-order valence-corrected chi connectivity index (χ3v) is 8.61. The van der Waals surface area contributed by atoms with Gasteiger partial charge in [-0.3, -0.25) is 9.78 Å². The number of hydrogen-bond donors (Lipinski definition) is 1. The lowest BCUT2D eigenvalue weighted by molar-refractivity contribution is 0.0184. The van der Waals surface area contributed by atoms with Crippen molar-refractivity contribution in [2.24, 2.45) is 5.92 Å². The van der Waals surface area contributed by atoms with E-state index in [2.05, 4.69) is 43.4 Å². The van der Waals surface area contributed by atoms with Crippen LogP contribution in [0.25, 0.3) is 0 Å². The zero-order chi connectivity index (χ0) is 33.6. The van der Waals surface area contributed by atoms with Gasteiger partial charge in [0.1, 0.15) is 22.8 Å². The smallest absolute Gasteiger partial charge is 0.410 e. The Morgan fingerprint density at radius 2 is 1.74 bits per heavy atom. The van der Waals surface area contributed by atoms with Crippen LogP contribution in [0.2, 0.25) is 0 Å². The topological polar surface area (TPSA) is 90.0 Å². The molecule has 3 aromatic rings. The molecule has 0 radical (unpaired) electrons. The molecule has 1 fully saturated rings. The number of amides is 2. The lowest BCUT2D eigenvalue weighted by atomic mass is 9.85. The lowest BCUT2D eigenvalue weighted by Gasteiger charge is -2.33. The molecule has 0 spiro atoms. The fourth-order valence-electron chi connectivity index (χ4n) is 5.46. The van der Waals surface area contributed by atoms with Crippen molar-refractivity contribution >= 4 is 29.4 Å². The highest BCUT2D eigenvalue weighted by molar-refractivity contribution is 7.97. The Morgan fingerprint density at radius 1 is 1.02 bits per heavy atom. The molecule has 2 heterocycles. The number of thioether (sulfide) groups is 1. The Morgan fingerprint density at radius 3 is 2.37 bits per heavy atom. The van der Waals surface area contributed by atoms with Crippen molar-refractivity contribution in [1.82, 2.24) is 9.88 Å². The Kier molecular flexibility index (Phi) is 11.3. The molecule has 1 N–H and O–H groups in total. The Labute approximate surface area is 278 Å². The van der Waals surface area contributed by atoms with Crippen LogP contribution in [0.1, 0.15) is 87.1 Å². The quantitative estimate of drug-likeness (QED) is 0.248. The molecule has 1 aliphatic rings. The summed E-state index contributed by atoms with van der Waals surface area (Å²) in [6.07, 6.45) is 6.15. The van der Waals surface area contributed by atoms with Crippen LogP contribution >= 0.6 is 11.8 Å². The molecule has 1 aromatic heterocycles. The minimum atomic E-state index is -0.497. The van der Waals surface area contributed by atoms with Crippen LogP contribution in [0.3, 0.4) is 0 Å². The van der Waals surface area contributed by atoms with Gasteiger partial charge in [0.05, 0.1) is 12.8 Å². The van der Waals surface area contributed by atoms with Crippen LogP contribution < -0.4 is 14.8 Å². The van der Waals surface area contributed by atoms with Crippen LogP contribution in [-0.2, 0) is 22.3 Å². The van der Waals surface area contributed by atoms with Gasteiger partial charge < -0.3 is 24.4 Å². The Balaban J connectivity index is 1.45. The Bertz CT molecular complexity index is 1530. The van der Waals surface area contributed by atoms with E-state index in [0.717, 1.165) is 47.4 Å². The number of piperidine rings is 1. The molecule has 0 unspecified atom stereocenters. The number of carbonyl (C=O) groups is 2. The predicted molar refractivity (Wildman–Crippen MR) is 187 cm³/mol. The highest BCUT2D eigenvalue weighted by Gasteiger charge is 2.27. The molecule has 9 heteroatoms. The minimum Gasteiger partial charge on any atom is -0.494 e. The van der Waals surface area contributed by atoms with Crippen LogP contribution in [0.4, 0.5) is 10.5 Å². The van der Waals surface area contributed by atoms with E-state index in [0.29, 0.717) is 47.5 Å². The summed E-state index contributed by atoms with van der Waals surface area (Å²) in [5, 5.41) is 3.10. The number of aryl methyl sites for hydroxylation is 1. The number of hydrogen-bond acceptors (Lipinski definition) is 7. The van der Waals surface area contributed by atoms with E-state index < -0.39 is 5.60 Å². The zero-order valence-electron chi connectivity index (χ0n) is 28.8. The summed E-state index contributed by atoms with van der Waals surface area (Å²) in [7, 11) is 1.64. The van der Waals surface area contributed by atoms with Gasteiger partial charge in [0, 0.05) is 47.9 Å². The number of likely N-dealkylation sites (tertiary alicyclic amines) is 1. The standard InChI is InChI=1S/C37H49N3O5S/c1-24-10-11-26(34(41)39-31-21-28(36(2,3)4)19-27(23-46-9)33(31)43-8)20-32(24)44-30-12-15-38-29(22-30)18-25-13-16-40(17-14-25)35(42)45-37(5,6)7/h10-12,15,19-22,25H,13-14,16-18,23H2,1-9H3,(H,39,41). The van der Waals surface area contributed by atoms with Crippen LogP contribution in [0, 0.1) is 12.8 Å². The monoisotopic (exact) mass is 647 g/mol. The van der Waals surface area contributed by atoms with Crippen molar-refractivity contribution in [1.29, 1.82) is 0 Å². The van der Waals surface area contributed by atoms with Gasteiger partial charge in [0.2, 0.25) is 0 Å². The number of anilines is 1. The summed E-state index contributed by atoms with van der Waals surface area (Å²) in [5.74, 6) is 2.90. The van der Waals surface area contributed by atoms with Crippen molar-refractivity contribution < 1.29 is 23.8 Å². The fraction of sp³-hybridized carbons (Fsp3) is 0.486. The van der Waals surface area contributed by atoms with Crippen LogP contribution in [-0.4, -0.2) is 53.9 Å². The number of rotatable bonds is 9. The number of pyridine rings is 1. The van der Waals surface area contributed by atoms with Crippen molar-refractivity contribution in [3.8, 4) is 17.2 Å². The molecular formula is C37H49N3O5S. The second-order valence-electron chi connectivity index (χ2n) is 14.0. The van der Waals surface area contributed by atoms with Crippen molar-refractivity contribution in [3.63, 3.8) is 0 Å². The second-order valence-corrected chi connectivity index (χ2v) is 14.9. The van der Waals surface area contributed by atoms with E-state index in [9.17, 15) is 9.59 Å². The number of nitrogens with zero attached hydrogens (tertiary/aromatic N) is 2. The summed E-state index contributed by atoms with van der Waals surface area (Å²) in [4.78, 5) is 32.4. The van der Waals surface area contributed by atoms with Crippen molar-refractivity contribution in [2.45, 2.75) is 84.5 Å².